The highest BCUT2D eigenvalue weighted by Crippen LogP contribution is 2.31. The molecule has 2 aromatic carbocycles. The Morgan fingerprint density at radius 2 is 1.78 bits per heavy atom. The summed E-state index contributed by atoms with van der Waals surface area (Å²) in [6.07, 6.45) is 1.36. The summed E-state index contributed by atoms with van der Waals surface area (Å²) in [5.74, 6) is -0.343. The molecule has 0 aliphatic carbocycles. The van der Waals surface area contributed by atoms with E-state index in [0.717, 1.165) is 17.6 Å². The third-order valence-corrected chi connectivity index (χ3v) is 6.62. The van der Waals surface area contributed by atoms with Gasteiger partial charge in [0.2, 0.25) is 0 Å². The van der Waals surface area contributed by atoms with E-state index < -0.39 is 15.9 Å². The van der Waals surface area contributed by atoms with Crippen LogP contribution < -0.4 is 5.32 Å². The van der Waals surface area contributed by atoms with Crippen molar-refractivity contribution in [3.8, 4) is 5.69 Å². The lowest BCUT2D eigenvalue weighted by atomic mass is 10.1. The van der Waals surface area contributed by atoms with E-state index in [-0.39, 0.29) is 10.8 Å². The SMILES string of the molecule is CCc1c(C(=O)Nc2ccc(S(C)(=O)=O)cc2)cc(CC(C)O)n1-c1ccc(Cl)cc1Cl. The number of aliphatic hydroxyl groups is 1. The largest absolute Gasteiger partial charge is 0.393 e. The monoisotopic (exact) mass is 494 g/mol. The minimum Gasteiger partial charge on any atom is -0.393 e. The smallest absolute Gasteiger partial charge is 0.257 e. The normalized spacial score (nSPS) is 12.6. The predicted molar refractivity (Wildman–Crippen MR) is 128 cm³/mol. The molecule has 3 aromatic rings. The molecule has 1 amide bonds. The van der Waals surface area contributed by atoms with Gasteiger partial charge in [-0.1, -0.05) is 30.1 Å². The molecule has 1 atom stereocenters. The lowest BCUT2D eigenvalue weighted by Gasteiger charge is -2.16. The van der Waals surface area contributed by atoms with Gasteiger partial charge in [0.25, 0.3) is 5.91 Å². The molecule has 1 aromatic heterocycles. The zero-order chi connectivity index (χ0) is 23.6. The van der Waals surface area contributed by atoms with E-state index in [1.165, 1.54) is 12.1 Å². The highest BCUT2D eigenvalue weighted by atomic mass is 35.5. The molecule has 0 radical (unpaired) electrons. The number of amides is 1. The number of nitrogens with zero attached hydrogens (tertiary/aromatic N) is 1. The Morgan fingerprint density at radius 3 is 2.31 bits per heavy atom. The molecule has 0 spiro atoms. The zero-order valence-electron chi connectivity index (χ0n) is 17.9. The maximum absolute atomic E-state index is 13.1. The predicted octanol–water partition coefficient (Wildman–Crippen LogP) is 4.93. The Morgan fingerprint density at radius 1 is 1.12 bits per heavy atom. The number of carbonyl (C=O) groups excluding carboxylic acids is 1. The summed E-state index contributed by atoms with van der Waals surface area (Å²) < 4.78 is 25.2. The summed E-state index contributed by atoms with van der Waals surface area (Å²) in [6.45, 7) is 3.61. The van der Waals surface area contributed by atoms with Crippen LogP contribution in [0.3, 0.4) is 0 Å². The van der Waals surface area contributed by atoms with Gasteiger partial charge >= 0.3 is 0 Å². The summed E-state index contributed by atoms with van der Waals surface area (Å²) in [5.41, 5.74) is 3.05. The fourth-order valence-corrected chi connectivity index (χ4v) is 4.68. The number of benzene rings is 2. The number of rotatable bonds is 7. The summed E-state index contributed by atoms with van der Waals surface area (Å²) in [4.78, 5) is 13.3. The van der Waals surface area contributed by atoms with Gasteiger partial charge in [-0.25, -0.2) is 8.42 Å². The summed E-state index contributed by atoms with van der Waals surface area (Å²) in [6, 6.07) is 12.9. The minimum absolute atomic E-state index is 0.174. The molecular formula is C23H24Cl2N2O4S. The van der Waals surface area contributed by atoms with Gasteiger partial charge in [-0.3, -0.25) is 4.79 Å². The number of nitrogens with one attached hydrogen (secondary N) is 1. The summed E-state index contributed by atoms with van der Waals surface area (Å²) in [5, 5.41) is 13.8. The zero-order valence-corrected chi connectivity index (χ0v) is 20.2. The highest BCUT2D eigenvalue weighted by molar-refractivity contribution is 7.90. The first-order valence-corrected chi connectivity index (χ1v) is 12.6. The number of hydrogen-bond donors (Lipinski definition) is 2. The molecule has 0 saturated heterocycles. The van der Waals surface area contributed by atoms with Crippen molar-refractivity contribution in [1.82, 2.24) is 4.57 Å². The second kappa shape index (κ2) is 9.67. The molecule has 0 bridgehead atoms. The van der Waals surface area contributed by atoms with Crippen molar-refractivity contribution in [2.75, 3.05) is 11.6 Å². The van der Waals surface area contributed by atoms with Gasteiger partial charge in [-0.2, -0.15) is 0 Å². The maximum atomic E-state index is 13.1. The van der Waals surface area contributed by atoms with E-state index in [0.29, 0.717) is 39.8 Å². The first kappa shape index (κ1) is 24.3. The Hall–Kier alpha value is -2.32. The topological polar surface area (TPSA) is 88.4 Å². The molecule has 1 unspecified atom stereocenters. The van der Waals surface area contributed by atoms with E-state index in [1.807, 2.05) is 11.5 Å². The van der Waals surface area contributed by atoms with Gasteiger partial charge in [0.05, 0.1) is 27.3 Å². The molecule has 0 aliphatic heterocycles. The van der Waals surface area contributed by atoms with Crippen LogP contribution >= 0.6 is 23.2 Å². The second-order valence-corrected chi connectivity index (χ2v) is 10.4. The Bertz CT molecular complexity index is 1250. The van der Waals surface area contributed by atoms with E-state index in [4.69, 9.17) is 23.2 Å². The molecular weight excluding hydrogens is 471 g/mol. The third kappa shape index (κ3) is 5.35. The number of halogens is 2. The lowest BCUT2D eigenvalue weighted by molar-refractivity contribution is 0.102. The van der Waals surface area contributed by atoms with Crippen molar-refractivity contribution >= 4 is 44.6 Å². The fraction of sp³-hybridized carbons (Fsp3) is 0.261. The number of sulfone groups is 1. The van der Waals surface area contributed by atoms with E-state index in [2.05, 4.69) is 5.32 Å². The van der Waals surface area contributed by atoms with Crippen LogP contribution in [0.25, 0.3) is 5.69 Å². The van der Waals surface area contributed by atoms with Gasteiger partial charge in [-0.15, -0.1) is 0 Å². The van der Waals surface area contributed by atoms with Crippen LogP contribution in [0.1, 0.15) is 35.6 Å². The van der Waals surface area contributed by atoms with Gasteiger partial charge in [-0.05, 0) is 61.9 Å². The number of hydrogen-bond acceptors (Lipinski definition) is 4. The molecule has 3 rings (SSSR count). The quantitative estimate of drug-likeness (QED) is 0.487. The fourth-order valence-electron chi connectivity index (χ4n) is 3.55. The van der Waals surface area contributed by atoms with Crippen molar-refractivity contribution in [3.05, 3.63) is 75.5 Å². The van der Waals surface area contributed by atoms with Gasteiger partial charge < -0.3 is 15.0 Å². The van der Waals surface area contributed by atoms with Crippen molar-refractivity contribution in [1.29, 1.82) is 0 Å². The first-order chi connectivity index (χ1) is 15.0. The molecule has 0 fully saturated rings. The van der Waals surface area contributed by atoms with Gasteiger partial charge in [0.15, 0.2) is 9.84 Å². The van der Waals surface area contributed by atoms with Crippen molar-refractivity contribution in [2.45, 2.75) is 37.7 Å². The molecule has 9 heteroatoms. The van der Waals surface area contributed by atoms with Crippen LogP contribution in [-0.2, 0) is 22.7 Å². The van der Waals surface area contributed by atoms with E-state index >= 15 is 0 Å². The second-order valence-electron chi connectivity index (χ2n) is 7.58. The van der Waals surface area contributed by atoms with Crippen LogP contribution in [0.2, 0.25) is 10.0 Å². The van der Waals surface area contributed by atoms with Crippen LogP contribution in [0.5, 0.6) is 0 Å². The van der Waals surface area contributed by atoms with Crippen LogP contribution in [0, 0.1) is 0 Å². The Kier molecular flexibility index (Phi) is 7.35. The Labute approximate surface area is 197 Å². The molecule has 32 heavy (non-hydrogen) atoms. The molecule has 1 heterocycles. The average Bonchev–Trinajstić information content (AvgIpc) is 3.05. The number of aliphatic hydroxyl groups excluding tert-OH is 1. The first-order valence-electron chi connectivity index (χ1n) is 9.99. The van der Waals surface area contributed by atoms with Gasteiger partial charge in [0.1, 0.15) is 0 Å². The highest BCUT2D eigenvalue weighted by Gasteiger charge is 2.22. The standard InChI is InChI=1S/C23H24Cl2N2O4S/c1-4-21-19(23(29)26-16-6-8-18(9-7-16)32(3,30)31)13-17(11-14(2)28)27(21)22-10-5-15(24)12-20(22)25/h5-10,12-14,28H,4,11H2,1-3H3,(H,26,29). The summed E-state index contributed by atoms with van der Waals surface area (Å²) in [7, 11) is -3.32. The minimum atomic E-state index is -3.32. The number of anilines is 1. The molecule has 2 N–H and O–H groups in total. The van der Waals surface area contributed by atoms with Crippen molar-refractivity contribution < 1.29 is 18.3 Å². The lowest BCUT2D eigenvalue weighted by Crippen LogP contribution is -2.15. The molecule has 0 saturated carbocycles. The van der Waals surface area contributed by atoms with Gasteiger partial charge in [0, 0.05) is 34.8 Å². The van der Waals surface area contributed by atoms with Crippen molar-refractivity contribution in [2.24, 2.45) is 0 Å². The number of carbonyl (C=O) groups is 1. The van der Waals surface area contributed by atoms with Crippen LogP contribution in [0.15, 0.2) is 53.4 Å². The Balaban J connectivity index is 2.04. The summed E-state index contributed by atoms with van der Waals surface area (Å²) >= 11 is 12.5. The number of aromatic nitrogens is 1. The third-order valence-electron chi connectivity index (χ3n) is 4.95. The average molecular weight is 495 g/mol. The van der Waals surface area contributed by atoms with E-state index in [1.54, 1.807) is 43.3 Å². The molecule has 6 nitrogen and oxygen atoms in total. The van der Waals surface area contributed by atoms with E-state index in [9.17, 15) is 18.3 Å². The van der Waals surface area contributed by atoms with Crippen molar-refractivity contribution in [3.63, 3.8) is 0 Å². The van der Waals surface area contributed by atoms with Crippen LogP contribution in [-0.4, -0.2) is 36.4 Å². The molecule has 170 valence electrons. The van der Waals surface area contributed by atoms with Crippen LogP contribution in [0.4, 0.5) is 5.69 Å². The maximum Gasteiger partial charge on any atom is 0.257 e. The molecule has 0 aliphatic rings.